The van der Waals surface area contributed by atoms with E-state index in [0.29, 0.717) is 13.1 Å². The molecule has 0 radical (unpaired) electrons. The van der Waals surface area contributed by atoms with Crippen LogP contribution in [0, 0.1) is 13.8 Å². The van der Waals surface area contributed by atoms with E-state index in [0.717, 1.165) is 10.6 Å². The number of hydrogen-bond donors (Lipinski definition) is 1. The molecule has 0 saturated carbocycles. The number of rotatable bonds is 6. The van der Waals surface area contributed by atoms with Crippen molar-refractivity contribution in [3.63, 3.8) is 0 Å². The predicted octanol–water partition coefficient (Wildman–Crippen LogP) is 1.53. The molecule has 1 aromatic heterocycles. The van der Waals surface area contributed by atoms with Crippen molar-refractivity contribution in [3.05, 3.63) is 20.2 Å². The first-order chi connectivity index (χ1) is 9.23. The van der Waals surface area contributed by atoms with Gasteiger partial charge in [0.05, 0.1) is 6.10 Å². The molecule has 1 heterocycles. The normalized spacial score (nSPS) is 12.8. The van der Waals surface area contributed by atoms with E-state index in [9.17, 15) is 14.7 Å². The van der Waals surface area contributed by atoms with Gasteiger partial charge < -0.3 is 14.6 Å². The summed E-state index contributed by atoms with van der Waals surface area (Å²) in [6.07, 6.45) is -0.267. The molecule has 1 atom stereocenters. The number of aryl methyl sites for hydroxylation is 1. The maximum absolute atomic E-state index is 12.2. The van der Waals surface area contributed by atoms with Crippen LogP contribution in [0.4, 0.5) is 0 Å². The van der Waals surface area contributed by atoms with E-state index in [-0.39, 0.29) is 23.2 Å². The first kappa shape index (κ1) is 16.9. The van der Waals surface area contributed by atoms with Gasteiger partial charge in [-0.1, -0.05) is 11.3 Å². The monoisotopic (exact) mass is 300 g/mol. The lowest BCUT2D eigenvalue weighted by molar-refractivity contribution is -0.134. The summed E-state index contributed by atoms with van der Waals surface area (Å²) < 4.78 is 1.65. The highest BCUT2D eigenvalue weighted by Crippen LogP contribution is 2.11. The Morgan fingerprint density at radius 3 is 2.35 bits per heavy atom. The van der Waals surface area contributed by atoms with E-state index in [1.165, 1.54) is 11.3 Å². The fraction of sp³-hybridized carbons (Fsp3) is 0.714. The van der Waals surface area contributed by atoms with Gasteiger partial charge in [0.1, 0.15) is 0 Å². The van der Waals surface area contributed by atoms with Crippen LogP contribution in [0.5, 0.6) is 0 Å². The molecule has 0 fully saturated rings. The van der Waals surface area contributed by atoms with Crippen molar-refractivity contribution in [2.45, 2.75) is 59.7 Å². The third-order valence-electron chi connectivity index (χ3n) is 3.33. The molecule has 6 heteroatoms. The molecule has 1 unspecified atom stereocenters. The van der Waals surface area contributed by atoms with Gasteiger partial charge in [-0.15, -0.1) is 0 Å². The van der Waals surface area contributed by atoms with Crippen LogP contribution in [-0.4, -0.2) is 39.2 Å². The van der Waals surface area contributed by atoms with Gasteiger partial charge in [0.25, 0.3) is 0 Å². The molecule has 20 heavy (non-hydrogen) atoms. The summed E-state index contributed by atoms with van der Waals surface area (Å²) in [5.74, 6) is -0.0314. The van der Waals surface area contributed by atoms with Crippen molar-refractivity contribution in [1.82, 2.24) is 9.47 Å². The van der Waals surface area contributed by atoms with Crippen LogP contribution in [0.1, 0.15) is 37.8 Å². The summed E-state index contributed by atoms with van der Waals surface area (Å²) >= 11 is 1.22. The molecule has 0 spiro atoms. The van der Waals surface area contributed by atoms with Crippen molar-refractivity contribution in [3.8, 4) is 0 Å². The quantitative estimate of drug-likeness (QED) is 0.866. The van der Waals surface area contributed by atoms with Gasteiger partial charge in [-0.25, -0.2) is 0 Å². The van der Waals surface area contributed by atoms with Gasteiger partial charge in [-0.2, -0.15) is 0 Å². The number of thiazole rings is 1. The summed E-state index contributed by atoms with van der Waals surface area (Å²) in [6, 6.07) is 0.0409. The van der Waals surface area contributed by atoms with Crippen LogP contribution in [0.25, 0.3) is 0 Å². The van der Waals surface area contributed by atoms with E-state index < -0.39 is 6.10 Å². The van der Waals surface area contributed by atoms with Gasteiger partial charge >= 0.3 is 4.87 Å². The highest BCUT2D eigenvalue weighted by molar-refractivity contribution is 7.09. The number of carbonyl (C=O) groups is 1. The number of hydrogen-bond acceptors (Lipinski definition) is 4. The second-order valence-electron chi connectivity index (χ2n) is 5.40. The van der Waals surface area contributed by atoms with Gasteiger partial charge in [-0.05, 0) is 34.6 Å². The maximum atomic E-state index is 12.2. The van der Waals surface area contributed by atoms with Crippen LogP contribution in [0.15, 0.2) is 4.79 Å². The lowest BCUT2D eigenvalue weighted by Crippen LogP contribution is -2.41. The van der Waals surface area contributed by atoms with Crippen LogP contribution in [0.3, 0.4) is 0 Å². The number of aromatic nitrogens is 1. The lowest BCUT2D eigenvalue weighted by atomic mass is 10.2. The number of carbonyl (C=O) groups excluding carboxylic acids is 1. The van der Waals surface area contributed by atoms with Gasteiger partial charge in [0, 0.05) is 36.1 Å². The number of aliphatic hydroxyl groups is 1. The molecule has 5 nitrogen and oxygen atoms in total. The Morgan fingerprint density at radius 2 is 1.95 bits per heavy atom. The molecule has 1 rings (SSSR count). The lowest BCUT2D eigenvalue weighted by Gasteiger charge is -2.28. The molecule has 114 valence electrons. The van der Waals surface area contributed by atoms with E-state index in [1.807, 2.05) is 27.7 Å². The third kappa shape index (κ3) is 4.18. The minimum atomic E-state index is -0.547. The molecule has 1 aromatic rings. The van der Waals surface area contributed by atoms with Crippen LogP contribution >= 0.6 is 11.3 Å². The topological polar surface area (TPSA) is 62.5 Å². The van der Waals surface area contributed by atoms with Crippen molar-refractivity contribution in [1.29, 1.82) is 0 Å². The minimum Gasteiger partial charge on any atom is -0.392 e. The molecule has 1 amide bonds. The van der Waals surface area contributed by atoms with Gasteiger partial charge in [0.15, 0.2) is 0 Å². The van der Waals surface area contributed by atoms with Crippen molar-refractivity contribution in [2.24, 2.45) is 0 Å². The largest absolute Gasteiger partial charge is 0.392 e. The zero-order chi connectivity index (χ0) is 15.4. The SMILES string of the molecule is Cc1sc(=O)n(CCC(=O)N(CC(C)O)C(C)C)c1C. The van der Waals surface area contributed by atoms with Crippen LogP contribution in [0.2, 0.25) is 0 Å². The van der Waals surface area contributed by atoms with E-state index >= 15 is 0 Å². The van der Waals surface area contributed by atoms with Crippen LogP contribution < -0.4 is 4.87 Å². The summed E-state index contributed by atoms with van der Waals surface area (Å²) in [6.45, 7) is 10.0. The van der Waals surface area contributed by atoms with E-state index in [2.05, 4.69) is 0 Å². The zero-order valence-corrected chi connectivity index (χ0v) is 13.7. The molecule has 0 aliphatic heterocycles. The Bertz CT molecular complexity index is 517. The first-order valence-corrected chi connectivity index (χ1v) is 7.70. The summed E-state index contributed by atoms with van der Waals surface area (Å²) in [5.41, 5.74) is 0.930. The highest BCUT2D eigenvalue weighted by atomic mass is 32.1. The highest BCUT2D eigenvalue weighted by Gasteiger charge is 2.19. The zero-order valence-electron chi connectivity index (χ0n) is 12.8. The Morgan fingerprint density at radius 1 is 1.35 bits per heavy atom. The fourth-order valence-corrected chi connectivity index (χ4v) is 2.94. The Hall–Kier alpha value is -1.14. The predicted molar refractivity (Wildman–Crippen MR) is 81.2 cm³/mol. The standard InChI is InChI=1S/C14H24N2O3S/c1-9(2)16(8-10(3)17)13(18)6-7-15-11(4)12(5)20-14(15)19/h9-10,17H,6-8H2,1-5H3. The molecule has 0 saturated heterocycles. The Labute approximate surface area is 123 Å². The first-order valence-electron chi connectivity index (χ1n) is 6.88. The van der Waals surface area contributed by atoms with Gasteiger partial charge in [-0.3, -0.25) is 9.59 Å². The van der Waals surface area contributed by atoms with Crippen molar-refractivity contribution >= 4 is 17.2 Å². The second kappa shape index (κ2) is 7.04. The van der Waals surface area contributed by atoms with Gasteiger partial charge in [0.2, 0.25) is 5.91 Å². The van der Waals surface area contributed by atoms with Crippen molar-refractivity contribution in [2.75, 3.05) is 6.54 Å². The third-order valence-corrected chi connectivity index (χ3v) is 4.33. The van der Waals surface area contributed by atoms with E-state index in [1.54, 1.807) is 16.4 Å². The number of aliphatic hydroxyl groups excluding tert-OH is 1. The fourth-order valence-electron chi connectivity index (χ4n) is 2.08. The molecular weight excluding hydrogens is 276 g/mol. The molecule has 0 aliphatic carbocycles. The van der Waals surface area contributed by atoms with Crippen molar-refractivity contribution < 1.29 is 9.90 Å². The van der Waals surface area contributed by atoms with E-state index in [4.69, 9.17) is 0 Å². The maximum Gasteiger partial charge on any atom is 0.307 e. The summed E-state index contributed by atoms with van der Waals surface area (Å²) in [4.78, 5) is 26.6. The molecule has 0 bridgehead atoms. The summed E-state index contributed by atoms with van der Waals surface area (Å²) in [7, 11) is 0. The smallest absolute Gasteiger partial charge is 0.307 e. The second-order valence-corrected chi connectivity index (χ2v) is 6.57. The molecule has 1 N–H and O–H groups in total. The molecular formula is C14H24N2O3S. The molecule has 0 aliphatic rings. The van der Waals surface area contributed by atoms with Crippen LogP contribution in [-0.2, 0) is 11.3 Å². The molecule has 0 aromatic carbocycles. The minimum absolute atomic E-state index is 0.0144. The number of nitrogens with zero attached hydrogens (tertiary/aromatic N) is 2. The average Bonchev–Trinajstić information content (AvgIpc) is 2.57. The summed E-state index contributed by atoms with van der Waals surface area (Å²) in [5, 5.41) is 9.45. The Kier molecular flexibility index (Phi) is 5.95. The number of amides is 1. The average molecular weight is 300 g/mol. The Balaban J connectivity index is 2.72.